The molecule has 0 spiro atoms. The van der Waals surface area contributed by atoms with Gasteiger partial charge in [0.15, 0.2) is 11.5 Å². The predicted octanol–water partition coefficient (Wildman–Crippen LogP) is 1.36. The number of carboxylic acids is 1. The van der Waals surface area contributed by atoms with Crippen LogP contribution in [-0.4, -0.2) is 38.6 Å². The number of hydrogen-bond donors (Lipinski definition) is 5. The minimum absolute atomic E-state index is 0.0337. The van der Waals surface area contributed by atoms with Crippen molar-refractivity contribution in [3.63, 3.8) is 0 Å². The van der Waals surface area contributed by atoms with Gasteiger partial charge in [0, 0.05) is 6.42 Å². The third kappa shape index (κ3) is 4.64. The molecule has 2 heterocycles. The van der Waals surface area contributed by atoms with E-state index in [0.717, 1.165) is 12.8 Å². The van der Waals surface area contributed by atoms with Gasteiger partial charge in [-0.3, -0.25) is 9.59 Å². The summed E-state index contributed by atoms with van der Waals surface area (Å²) in [6, 6.07) is 1.63. The maximum Gasteiger partial charge on any atom is 0.358 e. The molecule has 25 heavy (non-hydrogen) atoms. The summed E-state index contributed by atoms with van der Waals surface area (Å²) in [4.78, 5) is 41.2. The molecule has 0 unspecified atom stereocenters. The number of nitrogens with one attached hydrogen (secondary N) is 2. The van der Waals surface area contributed by atoms with Gasteiger partial charge in [0.2, 0.25) is 11.7 Å². The molecular formula is C15H18N4O5S. The van der Waals surface area contributed by atoms with E-state index in [4.69, 9.17) is 10.8 Å². The molecule has 10 heteroatoms. The van der Waals surface area contributed by atoms with Crippen LogP contribution in [-0.2, 0) is 4.79 Å². The highest BCUT2D eigenvalue weighted by atomic mass is 32.1. The molecule has 0 saturated heterocycles. The van der Waals surface area contributed by atoms with Crippen LogP contribution in [0.3, 0.4) is 0 Å². The fraction of sp³-hybridized carbons (Fsp3) is 0.333. The SMILES string of the molecule is NCCCCCC(=O)Nc1ccsc1-c1nc(C(=O)O)c(O)c(=O)[nH]1. The number of aromatic carboxylic acids is 1. The van der Waals surface area contributed by atoms with E-state index in [1.165, 1.54) is 11.3 Å². The van der Waals surface area contributed by atoms with Gasteiger partial charge in [-0.2, -0.15) is 0 Å². The van der Waals surface area contributed by atoms with Crippen LogP contribution < -0.4 is 16.6 Å². The molecule has 0 saturated carbocycles. The van der Waals surface area contributed by atoms with Crippen LogP contribution in [0.1, 0.15) is 36.2 Å². The Labute approximate surface area is 146 Å². The minimum atomic E-state index is -1.52. The van der Waals surface area contributed by atoms with E-state index >= 15 is 0 Å². The van der Waals surface area contributed by atoms with Gasteiger partial charge in [-0.05, 0) is 30.8 Å². The summed E-state index contributed by atoms with van der Waals surface area (Å²) in [6.45, 7) is 0.585. The average molecular weight is 366 g/mol. The number of thiophene rings is 1. The zero-order valence-electron chi connectivity index (χ0n) is 13.2. The van der Waals surface area contributed by atoms with Crippen molar-refractivity contribution in [2.75, 3.05) is 11.9 Å². The second kappa shape index (κ2) is 8.40. The van der Waals surface area contributed by atoms with E-state index in [9.17, 15) is 19.5 Å². The van der Waals surface area contributed by atoms with Crippen molar-refractivity contribution in [3.8, 4) is 16.5 Å². The Morgan fingerprint density at radius 2 is 2.08 bits per heavy atom. The molecular weight excluding hydrogens is 348 g/mol. The molecule has 2 rings (SSSR count). The number of aromatic hydroxyl groups is 1. The van der Waals surface area contributed by atoms with Crippen molar-refractivity contribution in [1.82, 2.24) is 9.97 Å². The molecule has 134 valence electrons. The molecule has 0 aliphatic rings. The number of anilines is 1. The minimum Gasteiger partial charge on any atom is -0.501 e. The summed E-state index contributed by atoms with van der Waals surface area (Å²) in [5.74, 6) is -2.71. The van der Waals surface area contributed by atoms with E-state index in [1.807, 2.05) is 0 Å². The van der Waals surface area contributed by atoms with E-state index in [0.29, 0.717) is 30.0 Å². The van der Waals surface area contributed by atoms with Crippen LogP contribution in [0.4, 0.5) is 5.69 Å². The molecule has 0 aromatic carbocycles. The third-order valence-electron chi connectivity index (χ3n) is 3.36. The molecule has 0 bridgehead atoms. The van der Waals surface area contributed by atoms with Gasteiger partial charge in [-0.15, -0.1) is 11.3 Å². The Morgan fingerprint density at radius 3 is 2.76 bits per heavy atom. The van der Waals surface area contributed by atoms with Gasteiger partial charge < -0.3 is 26.2 Å². The van der Waals surface area contributed by atoms with Gasteiger partial charge >= 0.3 is 5.97 Å². The zero-order valence-corrected chi connectivity index (χ0v) is 14.1. The second-order valence-corrected chi connectivity index (χ2v) is 6.14. The quantitative estimate of drug-likeness (QED) is 0.441. The Morgan fingerprint density at radius 1 is 1.32 bits per heavy atom. The van der Waals surface area contributed by atoms with E-state index in [-0.39, 0.29) is 11.7 Å². The van der Waals surface area contributed by atoms with Crippen LogP contribution in [0.15, 0.2) is 16.2 Å². The number of amides is 1. The summed E-state index contributed by atoms with van der Waals surface area (Å²) in [5, 5.41) is 22.9. The maximum atomic E-state index is 12.0. The summed E-state index contributed by atoms with van der Waals surface area (Å²) in [6.07, 6.45) is 2.75. The Hall–Kier alpha value is -2.72. The second-order valence-electron chi connectivity index (χ2n) is 5.23. The number of rotatable bonds is 8. The predicted molar refractivity (Wildman–Crippen MR) is 92.9 cm³/mol. The Bertz CT molecular complexity index is 830. The number of H-pyrrole nitrogens is 1. The molecule has 6 N–H and O–H groups in total. The standard InChI is InChI=1S/C15H18N4O5S/c16-6-3-1-2-4-9(20)17-8-5-7-25-12(8)13-18-10(15(23)24)11(21)14(22)19-13/h5,7,21H,1-4,6,16H2,(H,17,20)(H,23,24)(H,18,19,22). The van der Waals surface area contributed by atoms with Gasteiger partial charge in [-0.1, -0.05) is 6.42 Å². The van der Waals surface area contributed by atoms with E-state index in [2.05, 4.69) is 15.3 Å². The smallest absolute Gasteiger partial charge is 0.358 e. The highest BCUT2D eigenvalue weighted by Crippen LogP contribution is 2.31. The number of aromatic nitrogens is 2. The molecule has 2 aromatic heterocycles. The molecule has 1 amide bonds. The Kier molecular flexibility index (Phi) is 6.25. The number of carboxylic acid groups (broad SMARTS) is 1. The number of nitrogens with two attached hydrogens (primary N) is 1. The monoisotopic (exact) mass is 366 g/mol. The summed E-state index contributed by atoms with van der Waals surface area (Å²) >= 11 is 1.17. The first-order chi connectivity index (χ1) is 11.9. The lowest BCUT2D eigenvalue weighted by Crippen LogP contribution is -2.16. The first-order valence-corrected chi connectivity index (χ1v) is 8.46. The van der Waals surface area contributed by atoms with Gasteiger partial charge in [0.05, 0.1) is 10.6 Å². The molecule has 2 aromatic rings. The first kappa shape index (κ1) is 18.6. The van der Waals surface area contributed by atoms with Crippen molar-refractivity contribution < 1.29 is 19.8 Å². The van der Waals surface area contributed by atoms with Gasteiger partial charge in [0.25, 0.3) is 5.56 Å². The number of unbranched alkanes of at least 4 members (excludes halogenated alkanes) is 2. The molecule has 0 aliphatic carbocycles. The lowest BCUT2D eigenvalue weighted by molar-refractivity contribution is -0.116. The average Bonchev–Trinajstić information content (AvgIpc) is 3.01. The molecule has 0 atom stereocenters. The topological polar surface area (TPSA) is 158 Å². The molecule has 9 nitrogen and oxygen atoms in total. The normalized spacial score (nSPS) is 10.6. The number of nitrogens with zero attached hydrogens (tertiary/aromatic N) is 1. The zero-order chi connectivity index (χ0) is 18.4. The van der Waals surface area contributed by atoms with Crippen molar-refractivity contribution in [3.05, 3.63) is 27.5 Å². The lowest BCUT2D eigenvalue weighted by atomic mass is 10.2. The lowest BCUT2D eigenvalue weighted by Gasteiger charge is -2.07. The van der Waals surface area contributed by atoms with Crippen LogP contribution in [0, 0.1) is 0 Å². The third-order valence-corrected chi connectivity index (χ3v) is 4.28. The molecule has 0 fully saturated rings. The Balaban J connectivity index is 2.20. The summed E-state index contributed by atoms with van der Waals surface area (Å²) < 4.78 is 0. The fourth-order valence-corrected chi connectivity index (χ4v) is 2.93. The van der Waals surface area contributed by atoms with Crippen molar-refractivity contribution in [2.45, 2.75) is 25.7 Å². The van der Waals surface area contributed by atoms with Crippen molar-refractivity contribution >= 4 is 28.9 Å². The number of aromatic amines is 1. The van der Waals surface area contributed by atoms with Gasteiger partial charge in [-0.25, -0.2) is 9.78 Å². The van der Waals surface area contributed by atoms with Crippen LogP contribution >= 0.6 is 11.3 Å². The summed E-state index contributed by atoms with van der Waals surface area (Å²) in [7, 11) is 0. The largest absolute Gasteiger partial charge is 0.501 e. The number of hydrogen-bond acceptors (Lipinski definition) is 7. The van der Waals surface area contributed by atoms with Gasteiger partial charge in [0.1, 0.15) is 0 Å². The number of carbonyl (C=O) groups is 2. The summed E-state index contributed by atoms with van der Waals surface area (Å²) in [5.41, 5.74) is 4.11. The van der Waals surface area contributed by atoms with Crippen LogP contribution in [0.5, 0.6) is 5.75 Å². The molecule has 0 aliphatic heterocycles. The van der Waals surface area contributed by atoms with Crippen LogP contribution in [0.25, 0.3) is 10.7 Å². The number of carbonyl (C=O) groups excluding carboxylic acids is 1. The fourth-order valence-electron chi connectivity index (χ4n) is 2.13. The van der Waals surface area contributed by atoms with E-state index in [1.54, 1.807) is 11.4 Å². The first-order valence-electron chi connectivity index (χ1n) is 7.58. The maximum absolute atomic E-state index is 12.0. The molecule has 0 radical (unpaired) electrons. The highest BCUT2D eigenvalue weighted by Gasteiger charge is 2.20. The van der Waals surface area contributed by atoms with Crippen molar-refractivity contribution in [1.29, 1.82) is 0 Å². The van der Waals surface area contributed by atoms with Crippen molar-refractivity contribution in [2.24, 2.45) is 5.73 Å². The van der Waals surface area contributed by atoms with Crippen LogP contribution in [0.2, 0.25) is 0 Å². The van der Waals surface area contributed by atoms with E-state index < -0.39 is 23.0 Å². The highest BCUT2D eigenvalue weighted by molar-refractivity contribution is 7.14.